The third-order valence-electron chi connectivity index (χ3n) is 2.61. The molecule has 1 aliphatic heterocycles. The Hall–Kier alpha value is -1.95. The van der Waals surface area contributed by atoms with E-state index >= 15 is 0 Å². The van der Waals surface area contributed by atoms with Crippen LogP contribution in [0.15, 0.2) is 18.3 Å². The van der Waals surface area contributed by atoms with Crippen molar-refractivity contribution in [3.8, 4) is 0 Å². The van der Waals surface area contributed by atoms with Gasteiger partial charge in [0.15, 0.2) is 5.78 Å². The molecule has 0 saturated heterocycles. The average Bonchev–Trinajstić information content (AvgIpc) is 2.29. The summed E-state index contributed by atoms with van der Waals surface area (Å²) < 4.78 is 0. The Morgan fingerprint density at radius 2 is 2.44 bits per heavy atom. The maximum absolute atomic E-state index is 11.9. The third kappa shape index (κ3) is 1.53. The Morgan fingerprint density at radius 1 is 1.69 bits per heavy atom. The van der Waals surface area contributed by atoms with Crippen molar-refractivity contribution in [1.29, 1.82) is 0 Å². The number of ketones is 1. The van der Waals surface area contributed by atoms with Crippen molar-refractivity contribution in [1.82, 2.24) is 10.4 Å². The van der Waals surface area contributed by atoms with Crippen molar-refractivity contribution in [2.75, 3.05) is 18.6 Å². The summed E-state index contributed by atoms with van der Waals surface area (Å²) in [7, 11) is 1.71. The van der Waals surface area contributed by atoms with E-state index in [1.54, 1.807) is 24.2 Å². The summed E-state index contributed by atoms with van der Waals surface area (Å²) in [5.41, 5.74) is 9.05. The lowest BCUT2D eigenvalue weighted by Crippen LogP contribution is -2.50. The van der Waals surface area contributed by atoms with E-state index in [1.807, 2.05) is 0 Å². The molecule has 1 aromatic heterocycles. The van der Waals surface area contributed by atoms with Crippen LogP contribution < -0.4 is 16.2 Å². The number of hydrogen-bond acceptors (Lipinski definition) is 5. The monoisotopic (exact) mass is 220 g/mol. The molecule has 0 spiro atoms. The first kappa shape index (κ1) is 10.6. The number of hydrogen-bond donors (Lipinski definition) is 2. The van der Waals surface area contributed by atoms with Gasteiger partial charge in [-0.2, -0.15) is 0 Å². The lowest BCUT2D eigenvalue weighted by molar-refractivity contribution is -0.120. The van der Waals surface area contributed by atoms with Crippen LogP contribution in [0.1, 0.15) is 10.5 Å². The van der Waals surface area contributed by atoms with Crippen molar-refractivity contribution in [3.63, 3.8) is 0 Å². The molecule has 0 aliphatic carbocycles. The number of nitrogens with zero attached hydrogens (tertiary/aromatic N) is 2. The van der Waals surface area contributed by atoms with Gasteiger partial charge in [0.25, 0.3) is 0 Å². The summed E-state index contributed by atoms with van der Waals surface area (Å²) in [6, 6.07) is 3.51. The van der Waals surface area contributed by atoms with Crippen LogP contribution in [0.3, 0.4) is 0 Å². The second-order valence-electron chi connectivity index (χ2n) is 3.52. The van der Waals surface area contributed by atoms with Crippen molar-refractivity contribution in [2.24, 2.45) is 11.7 Å². The van der Waals surface area contributed by atoms with E-state index in [0.717, 1.165) is 0 Å². The van der Waals surface area contributed by atoms with Gasteiger partial charge in [-0.25, -0.2) is 5.43 Å². The van der Waals surface area contributed by atoms with Gasteiger partial charge in [0.1, 0.15) is 11.6 Å². The number of hydrazine groups is 1. The smallest absolute Gasteiger partial charge is 0.230 e. The number of carbonyl (C=O) groups excluding carboxylic acids is 2. The van der Waals surface area contributed by atoms with Crippen LogP contribution in [0, 0.1) is 5.92 Å². The summed E-state index contributed by atoms with van der Waals surface area (Å²) in [4.78, 5) is 27.0. The first-order valence-electron chi connectivity index (χ1n) is 4.88. The van der Waals surface area contributed by atoms with Crippen LogP contribution in [0.4, 0.5) is 5.69 Å². The van der Waals surface area contributed by atoms with Crippen LogP contribution in [-0.4, -0.2) is 30.3 Å². The predicted octanol–water partition coefficient (Wildman–Crippen LogP) is -0.680. The van der Waals surface area contributed by atoms with Gasteiger partial charge in [-0.1, -0.05) is 0 Å². The number of nitrogens with one attached hydrogen (secondary N) is 1. The molecular weight excluding hydrogens is 208 g/mol. The zero-order chi connectivity index (χ0) is 11.7. The molecule has 0 aromatic carbocycles. The van der Waals surface area contributed by atoms with E-state index in [9.17, 15) is 9.59 Å². The number of primary amides is 1. The lowest BCUT2D eigenvalue weighted by Gasteiger charge is -2.32. The number of anilines is 1. The SMILES string of the molecule is CNN1CC(C(N)=O)C(=O)c2ncccc21. The van der Waals surface area contributed by atoms with E-state index in [4.69, 9.17) is 5.73 Å². The number of aromatic nitrogens is 1. The normalized spacial score (nSPS) is 19.4. The third-order valence-corrected chi connectivity index (χ3v) is 2.61. The van der Waals surface area contributed by atoms with Crippen molar-refractivity contribution in [2.45, 2.75) is 0 Å². The molecule has 2 rings (SSSR count). The van der Waals surface area contributed by atoms with E-state index in [2.05, 4.69) is 10.4 Å². The highest BCUT2D eigenvalue weighted by Crippen LogP contribution is 2.26. The summed E-state index contributed by atoms with van der Waals surface area (Å²) in [6.45, 7) is 0.239. The maximum atomic E-state index is 11.9. The predicted molar refractivity (Wildman–Crippen MR) is 57.7 cm³/mol. The second-order valence-corrected chi connectivity index (χ2v) is 3.52. The summed E-state index contributed by atoms with van der Waals surface area (Å²) in [6.07, 6.45) is 1.52. The van der Waals surface area contributed by atoms with Crippen LogP contribution in [0.2, 0.25) is 0 Å². The van der Waals surface area contributed by atoms with Crippen molar-refractivity contribution >= 4 is 17.4 Å². The molecule has 1 aromatic rings. The minimum atomic E-state index is -0.838. The number of pyridine rings is 1. The molecule has 84 valence electrons. The zero-order valence-corrected chi connectivity index (χ0v) is 8.80. The first-order chi connectivity index (χ1) is 7.65. The second kappa shape index (κ2) is 3.90. The largest absolute Gasteiger partial charge is 0.369 e. The number of Topliss-reactive ketones (excluding diaryl/α,β-unsaturated/α-hetero) is 1. The molecule has 6 heteroatoms. The van der Waals surface area contributed by atoms with Gasteiger partial charge in [-0.3, -0.25) is 14.6 Å². The van der Waals surface area contributed by atoms with Crippen LogP contribution in [0.25, 0.3) is 0 Å². The maximum Gasteiger partial charge on any atom is 0.230 e. The van der Waals surface area contributed by atoms with Gasteiger partial charge < -0.3 is 10.7 Å². The fourth-order valence-electron chi connectivity index (χ4n) is 1.76. The molecule has 0 fully saturated rings. The van der Waals surface area contributed by atoms with Gasteiger partial charge in [-0.15, -0.1) is 0 Å². The quantitative estimate of drug-likeness (QED) is 0.645. The minimum absolute atomic E-state index is 0.239. The highest BCUT2D eigenvalue weighted by molar-refractivity contribution is 6.13. The number of rotatable bonds is 2. The molecule has 1 amide bonds. The van der Waals surface area contributed by atoms with Gasteiger partial charge in [-0.05, 0) is 12.1 Å². The molecular formula is C10H12N4O2. The van der Waals surface area contributed by atoms with E-state index in [-0.39, 0.29) is 18.0 Å². The fourth-order valence-corrected chi connectivity index (χ4v) is 1.76. The average molecular weight is 220 g/mol. The summed E-state index contributed by atoms with van der Waals surface area (Å²) >= 11 is 0. The van der Waals surface area contributed by atoms with Crippen LogP contribution in [-0.2, 0) is 4.79 Å². The molecule has 2 heterocycles. The topological polar surface area (TPSA) is 88.3 Å². The number of amides is 1. The summed E-state index contributed by atoms with van der Waals surface area (Å²) in [5, 5.41) is 1.69. The molecule has 3 N–H and O–H groups in total. The molecule has 6 nitrogen and oxygen atoms in total. The zero-order valence-electron chi connectivity index (χ0n) is 8.80. The van der Waals surface area contributed by atoms with Gasteiger partial charge in [0.05, 0.1) is 12.2 Å². The van der Waals surface area contributed by atoms with Crippen LogP contribution in [0.5, 0.6) is 0 Å². The summed E-state index contributed by atoms with van der Waals surface area (Å²) in [5.74, 6) is -1.77. The van der Waals surface area contributed by atoms with Gasteiger partial charge in [0, 0.05) is 13.2 Å². The molecule has 16 heavy (non-hydrogen) atoms. The van der Waals surface area contributed by atoms with Gasteiger partial charge >= 0.3 is 0 Å². The Bertz CT molecular complexity index is 446. The molecule has 0 bridgehead atoms. The Labute approximate surface area is 92.4 Å². The highest BCUT2D eigenvalue weighted by Gasteiger charge is 2.35. The van der Waals surface area contributed by atoms with E-state index < -0.39 is 11.8 Å². The Balaban J connectivity index is 2.48. The van der Waals surface area contributed by atoms with E-state index in [0.29, 0.717) is 5.69 Å². The Kier molecular flexibility index (Phi) is 2.57. The molecule has 0 saturated carbocycles. The molecule has 0 radical (unpaired) electrons. The fraction of sp³-hybridized carbons (Fsp3) is 0.300. The highest BCUT2D eigenvalue weighted by atomic mass is 16.2. The minimum Gasteiger partial charge on any atom is -0.369 e. The Morgan fingerprint density at radius 3 is 3.06 bits per heavy atom. The van der Waals surface area contributed by atoms with Gasteiger partial charge in [0.2, 0.25) is 5.91 Å². The number of nitrogens with two attached hydrogens (primary N) is 1. The van der Waals surface area contributed by atoms with Crippen molar-refractivity contribution < 1.29 is 9.59 Å². The number of carbonyl (C=O) groups is 2. The number of fused-ring (bicyclic) bond motifs is 1. The first-order valence-corrected chi connectivity index (χ1v) is 4.88. The van der Waals surface area contributed by atoms with E-state index in [1.165, 1.54) is 6.20 Å². The molecule has 1 atom stereocenters. The van der Waals surface area contributed by atoms with Crippen molar-refractivity contribution in [3.05, 3.63) is 24.0 Å². The molecule has 1 unspecified atom stereocenters. The standard InChI is InChI=1S/C10H12N4O2/c1-12-14-5-6(10(11)16)9(15)8-7(14)3-2-4-13-8/h2-4,6,12H,5H2,1H3,(H2,11,16). The van der Waals surface area contributed by atoms with Crippen LogP contribution >= 0.6 is 0 Å². The molecule has 1 aliphatic rings. The lowest BCUT2D eigenvalue weighted by atomic mass is 9.95.